The number of fused-ring (bicyclic) bond motifs is 2. The number of halogens is 2. The van der Waals surface area contributed by atoms with E-state index in [0.717, 1.165) is 13.0 Å². The molecule has 44 heavy (non-hydrogen) atoms. The van der Waals surface area contributed by atoms with Crippen LogP contribution in [-0.2, 0) is 6.42 Å². The SMILES string of the molecule is CCc1c(F)ccc2cc(O)cc(-c3ncc4c(N5CCC[C@@](C)(O)C5)nc(OCC5(CN(C)C)C(C)C5C)nc4c3F)c12. The van der Waals surface area contributed by atoms with Gasteiger partial charge in [0.2, 0.25) is 0 Å². The molecule has 2 aromatic heterocycles. The Bertz CT molecular complexity index is 1740. The summed E-state index contributed by atoms with van der Waals surface area (Å²) in [6.07, 6.45) is 3.29. The van der Waals surface area contributed by atoms with Crippen molar-refractivity contribution in [1.29, 1.82) is 0 Å². The van der Waals surface area contributed by atoms with Gasteiger partial charge in [-0.25, -0.2) is 8.78 Å². The van der Waals surface area contributed by atoms with Gasteiger partial charge in [-0.2, -0.15) is 9.97 Å². The minimum atomic E-state index is -0.932. The normalized spacial score (nSPS) is 25.3. The molecule has 0 spiro atoms. The molecule has 2 fully saturated rings. The summed E-state index contributed by atoms with van der Waals surface area (Å²) in [6.45, 7) is 10.2. The lowest BCUT2D eigenvalue weighted by Crippen LogP contribution is -2.46. The van der Waals surface area contributed by atoms with Gasteiger partial charge in [0, 0.05) is 36.8 Å². The van der Waals surface area contributed by atoms with Gasteiger partial charge >= 0.3 is 6.01 Å². The van der Waals surface area contributed by atoms with Crippen LogP contribution in [0.3, 0.4) is 0 Å². The Morgan fingerprint density at radius 3 is 2.55 bits per heavy atom. The fourth-order valence-corrected chi connectivity index (χ4v) is 7.28. The fraction of sp³-hybridized carbons (Fsp3) is 0.500. The summed E-state index contributed by atoms with van der Waals surface area (Å²) in [5, 5.41) is 22.9. The smallest absolute Gasteiger partial charge is 0.319 e. The van der Waals surface area contributed by atoms with Crippen molar-refractivity contribution in [3.05, 3.63) is 47.7 Å². The predicted octanol–water partition coefficient (Wildman–Crippen LogP) is 5.96. The second-order valence-electron chi connectivity index (χ2n) is 13.3. The van der Waals surface area contributed by atoms with E-state index in [2.05, 4.69) is 28.7 Å². The van der Waals surface area contributed by atoms with Crippen LogP contribution in [-0.4, -0.2) is 76.0 Å². The van der Waals surface area contributed by atoms with Crippen LogP contribution >= 0.6 is 0 Å². The van der Waals surface area contributed by atoms with Crippen LogP contribution in [0.25, 0.3) is 32.9 Å². The van der Waals surface area contributed by atoms with Crippen molar-refractivity contribution >= 4 is 27.5 Å². The Labute approximate surface area is 256 Å². The van der Waals surface area contributed by atoms with E-state index in [9.17, 15) is 14.6 Å². The summed E-state index contributed by atoms with van der Waals surface area (Å²) in [4.78, 5) is 18.0. The second-order valence-corrected chi connectivity index (χ2v) is 13.3. The molecule has 2 aromatic carbocycles. The summed E-state index contributed by atoms with van der Waals surface area (Å²) < 4.78 is 38.0. The van der Waals surface area contributed by atoms with Crippen molar-refractivity contribution in [1.82, 2.24) is 19.9 Å². The molecule has 1 saturated carbocycles. The Hall–Kier alpha value is -3.63. The number of rotatable bonds is 8. The van der Waals surface area contributed by atoms with Gasteiger partial charge in [-0.3, -0.25) is 4.98 Å². The molecular formula is C34H41F2N5O3. The van der Waals surface area contributed by atoms with Crippen LogP contribution in [0.5, 0.6) is 11.8 Å². The van der Waals surface area contributed by atoms with E-state index in [1.165, 1.54) is 24.4 Å². The average molecular weight is 606 g/mol. The first kappa shape index (κ1) is 30.4. The number of piperidine rings is 1. The maximum atomic E-state index is 16.8. The standard InChI is InChI=1S/C34H41F2N5O3/c1-7-23-26(35)10-9-21-13-22(42)14-24(27(21)23)29-28(36)30-25(15-37-29)31(41-12-8-11-33(4,43)16-41)39-32(38-30)44-18-34(17-40(5)6)19(2)20(34)3/h9-10,13-15,19-20,42-43H,7-8,11-12,16-18H2,1-6H3/t19?,20?,33-,34?/m1/s1. The van der Waals surface area contributed by atoms with Gasteiger partial charge in [-0.1, -0.05) is 26.8 Å². The molecule has 0 amide bonds. The van der Waals surface area contributed by atoms with Gasteiger partial charge in [0.1, 0.15) is 28.6 Å². The highest BCUT2D eigenvalue weighted by molar-refractivity contribution is 6.01. The first-order valence-electron chi connectivity index (χ1n) is 15.4. The van der Waals surface area contributed by atoms with E-state index < -0.39 is 17.2 Å². The van der Waals surface area contributed by atoms with E-state index >= 15 is 4.39 Å². The Morgan fingerprint density at radius 1 is 1.14 bits per heavy atom. The maximum Gasteiger partial charge on any atom is 0.319 e. The number of hydrogen-bond donors (Lipinski definition) is 2. The lowest BCUT2D eigenvalue weighted by molar-refractivity contribution is 0.0447. The van der Waals surface area contributed by atoms with E-state index in [-0.39, 0.29) is 33.9 Å². The number of ether oxygens (including phenoxy) is 1. The molecule has 1 aliphatic heterocycles. The number of phenols is 1. The number of β-amino-alcohol motifs (C(OH)–C–C–N with tert-alkyl or cyclic N) is 1. The zero-order valence-electron chi connectivity index (χ0n) is 26.3. The molecule has 8 nitrogen and oxygen atoms in total. The van der Waals surface area contributed by atoms with Crippen molar-refractivity contribution in [3.8, 4) is 23.0 Å². The maximum absolute atomic E-state index is 16.8. The molecule has 2 unspecified atom stereocenters. The molecule has 6 rings (SSSR count). The predicted molar refractivity (Wildman–Crippen MR) is 168 cm³/mol. The lowest BCUT2D eigenvalue weighted by atomic mass is 9.94. The van der Waals surface area contributed by atoms with Gasteiger partial charge in [0.05, 0.1) is 17.6 Å². The molecule has 10 heteroatoms. The second kappa shape index (κ2) is 11.1. The third-order valence-corrected chi connectivity index (χ3v) is 9.91. The molecule has 2 aliphatic rings. The van der Waals surface area contributed by atoms with E-state index in [0.29, 0.717) is 71.9 Å². The van der Waals surface area contributed by atoms with E-state index in [1.807, 2.05) is 25.9 Å². The third kappa shape index (κ3) is 5.21. The molecular weight excluding hydrogens is 564 g/mol. The molecule has 0 bridgehead atoms. The zero-order chi connectivity index (χ0) is 31.6. The highest BCUT2D eigenvalue weighted by atomic mass is 19.1. The number of phenolic OH excluding ortho intramolecular Hbond substituents is 1. The minimum absolute atomic E-state index is 0.0183. The summed E-state index contributed by atoms with van der Waals surface area (Å²) in [5.74, 6) is 0.144. The van der Waals surface area contributed by atoms with Crippen LogP contribution in [0.1, 0.15) is 46.1 Å². The van der Waals surface area contributed by atoms with E-state index in [4.69, 9.17) is 9.72 Å². The first-order chi connectivity index (χ1) is 20.8. The number of aliphatic hydroxyl groups is 1. The molecule has 1 saturated heterocycles. The Morgan fingerprint density at radius 2 is 1.89 bits per heavy atom. The molecule has 4 aromatic rings. The third-order valence-electron chi connectivity index (χ3n) is 9.91. The number of anilines is 1. The lowest BCUT2D eigenvalue weighted by Gasteiger charge is -2.38. The van der Waals surface area contributed by atoms with Crippen LogP contribution in [0, 0.1) is 28.9 Å². The van der Waals surface area contributed by atoms with Gasteiger partial charge in [0.25, 0.3) is 0 Å². The molecule has 2 N–H and O–H groups in total. The number of aromatic nitrogens is 3. The molecule has 3 atom stereocenters. The van der Waals surface area contributed by atoms with Gasteiger partial charge in [-0.15, -0.1) is 0 Å². The van der Waals surface area contributed by atoms with Gasteiger partial charge in [0.15, 0.2) is 5.82 Å². The van der Waals surface area contributed by atoms with Gasteiger partial charge < -0.3 is 24.7 Å². The van der Waals surface area contributed by atoms with Crippen molar-refractivity contribution in [2.45, 2.75) is 52.6 Å². The summed E-state index contributed by atoms with van der Waals surface area (Å²) in [6, 6.07) is 5.94. The zero-order valence-corrected chi connectivity index (χ0v) is 26.3. The number of aromatic hydroxyl groups is 1. The van der Waals surface area contributed by atoms with Crippen LogP contribution in [0.15, 0.2) is 30.5 Å². The number of benzene rings is 2. The highest BCUT2D eigenvalue weighted by Crippen LogP contribution is 2.58. The number of aryl methyl sites for hydroxylation is 1. The molecule has 234 valence electrons. The number of hydrogen-bond acceptors (Lipinski definition) is 8. The Balaban J connectivity index is 1.52. The summed E-state index contributed by atoms with van der Waals surface area (Å²) in [7, 11) is 4.08. The quantitative estimate of drug-likeness (QED) is 0.254. The van der Waals surface area contributed by atoms with Crippen LogP contribution < -0.4 is 9.64 Å². The monoisotopic (exact) mass is 605 g/mol. The average Bonchev–Trinajstić information content (AvgIpc) is 3.47. The molecule has 3 heterocycles. The number of nitrogens with zero attached hydrogens (tertiary/aromatic N) is 5. The van der Waals surface area contributed by atoms with Crippen molar-refractivity contribution in [2.24, 2.45) is 17.3 Å². The summed E-state index contributed by atoms with van der Waals surface area (Å²) >= 11 is 0. The van der Waals surface area contributed by atoms with Crippen LogP contribution in [0.4, 0.5) is 14.6 Å². The Kier molecular flexibility index (Phi) is 7.65. The first-order valence-corrected chi connectivity index (χ1v) is 15.4. The molecule has 0 radical (unpaired) electrons. The minimum Gasteiger partial charge on any atom is -0.508 e. The highest BCUT2D eigenvalue weighted by Gasteiger charge is 2.59. The fourth-order valence-electron chi connectivity index (χ4n) is 7.28. The van der Waals surface area contributed by atoms with Crippen LogP contribution in [0.2, 0.25) is 0 Å². The van der Waals surface area contributed by atoms with Gasteiger partial charge in [-0.05, 0) is 86.7 Å². The molecule has 1 aliphatic carbocycles. The topological polar surface area (TPSA) is 94.8 Å². The largest absolute Gasteiger partial charge is 0.508 e. The summed E-state index contributed by atoms with van der Waals surface area (Å²) in [5.41, 5.74) is -0.332. The van der Waals surface area contributed by atoms with Crippen molar-refractivity contribution in [2.75, 3.05) is 45.2 Å². The van der Waals surface area contributed by atoms with Crippen molar-refractivity contribution < 1.29 is 23.7 Å². The van der Waals surface area contributed by atoms with E-state index in [1.54, 1.807) is 13.0 Å². The number of pyridine rings is 1. The van der Waals surface area contributed by atoms with Crippen molar-refractivity contribution in [3.63, 3.8) is 0 Å².